The van der Waals surface area contributed by atoms with Crippen molar-refractivity contribution >= 4 is 5.91 Å². The minimum Gasteiger partial charge on any atom is -0.377 e. The third kappa shape index (κ3) is 2.94. The molecule has 24 heavy (non-hydrogen) atoms. The van der Waals surface area contributed by atoms with Gasteiger partial charge in [-0.1, -0.05) is 12.1 Å². The fourth-order valence-electron chi connectivity index (χ4n) is 2.69. The summed E-state index contributed by atoms with van der Waals surface area (Å²) in [6, 6.07) is 8.40. The second-order valence-electron chi connectivity index (χ2n) is 6.24. The molecule has 0 N–H and O–H groups in total. The van der Waals surface area contributed by atoms with E-state index >= 15 is 0 Å². The zero-order valence-corrected chi connectivity index (χ0v) is 13.5. The van der Waals surface area contributed by atoms with Gasteiger partial charge in [0.15, 0.2) is 0 Å². The van der Waals surface area contributed by atoms with Gasteiger partial charge in [0.25, 0.3) is 11.5 Å². The summed E-state index contributed by atoms with van der Waals surface area (Å²) >= 11 is 0. The van der Waals surface area contributed by atoms with Crippen LogP contribution < -0.4 is 5.56 Å². The molecule has 0 saturated carbocycles. The maximum Gasteiger partial charge on any atom is 0.274 e. The van der Waals surface area contributed by atoms with Crippen LogP contribution in [-0.4, -0.2) is 45.9 Å². The standard InChI is InChI=1S/C17H18FN3O3/c1-17(2)11-24-10-9-20(17)16(23)13-7-8-15(22)21(19-13)14-6-4-3-5-12(14)18/h3-8H,9-11H2,1-2H3. The molecule has 0 spiro atoms. The van der Waals surface area contributed by atoms with Crippen LogP contribution in [0.2, 0.25) is 0 Å². The minimum absolute atomic E-state index is 0.0124. The summed E-state index contributed by atoms with van der Waals surface area (Å²) in [5.74, 6) is -0.892. The Kier molecular flexibility index (Phi) is 4.19. The summed E-state index contributed by atoms with van der Waals surface area (Å²) in [6.45, 7) is 5.11. The molecule has 1 aromatic carbocycles. The van der Waals surface area contributed by atoms with Gasteiger partial charge in [0.1, 0.15) is 17.2 Å². The van der Waals surface area contributed by atoms with Crippen molar-refractivity contribution in [2.45, 2.75) is 19.4 Å². The second-order valence-corrected chi connectivity index (χ2v) is 6.24. The Morgan fingerprint density at radius 3 is 2.71 bits per heavy atom. The summed E-state index contributed by atoms with van der Waals surface area (Å²) in [5, 5.41) is 4.08. The van der Waals surface area contributed by atoms with Gasteiger partial charge in [-0.05, 0) is 32.0 Å². The highest BCUT2D eigenvalue weighted by atomic mass is 19.1. The van der Waals surface area contributed by atoms with E-state index in [2.05, 4.69) is 5.10 Å². The van der Waals surface area contributed by atoms with Crippen molar-refractivity contribution in [3.63, 3.8) is 0 Å². The lowest BCUT2D eigenvalue weighted by Gasteiger charge is -2.41. The largest absolute Gasteiger partial charge is 0.377 e. The predicted molar refractivity (Wildman–Crippen MR) is 85.7 cm³/mol. The average molecular weight is 331 g/mol. The van der Waals surface area contributed by atoms with Crippen molar-refractivity contribution in [2.75, 3.05) is 19.8 Å². The Hall–Kier alpha value is -2.54. The Morgan fingerprint density at radius 2 is 2.00 bits per heavy atom. The number of hydrogen-bond acceptors (Lipinski definition) is 4. The number of para-hydroxylation sites is 1. The van der Waals surface area contributed by atoms with Gasteiger partial charge in [-0.3, -0.25) is 9.59 Å². The number of rotatable bonds is 2. The molecule has 126 valence electrons. The maximum absolute atomic E-state index is 14.0. The minimum atomic E-state index is -0.580. The van der Waals surface area contributed by atoms with E-state index < -0.39 is 16.9 Å². The van der Waals surface area contributed by atoms with E-state index in [1.165, 1.54) is 30.3 Å². The normalized spacial score (nSPS) is 16.9. The molecule has 0 bridgehead atoms. The number of ether oxygens (including phenoxy) is 1. The fourth-order valence-corrected chi connectivity index (χ4v) is 2.69. The lowest BCUT2D eigenvalue weighted by Crippen LogP contribution is -2.55. The molecule has 0 aliphatic carbocycles. The summed E-state index contributed by atoms with van der Waals surface area (Å²) in [7, 11) is 0. The number of nitrogens with zero attached hydrogens (tertiary/aromatic N) is 3. The Balaban J connectivity index is 2.01. The fraction of sp³-hybridized carbons (Fsp3) is 0.353. The van der Waals surface area contributed by atoms with E-state index in [0.29, 0.717) is 19.8 Å². The number of amides is 1. The molecule has 1 fully saturated rings. The van der Waals surface area contributed by atoms with Crippen LogP contribution in [0.3, 0.4) is 0 Å². The molecule has 0 radical (unpaired) electrons. The summed E-state index contributed by atoms with van der Waals surface area (Å²) in [4.78, 5) is 26.5. The molecule has 1 aliphatic rings. The van der Waals surface area contributed by atoms with Crippen molar-refractivity contribution in [1.29, 1.82) is 0 Å². The quantitative estimate of drug-likeness (QED) is 0.839. The van der Waals surface area contributed by atoms with Crippen LogP contribution in [-0.2, 0) is 4.74 Å². The number of halogens is 1. The molecule has 1 saturated heterocycles. The van der Waals surface area contributed by atoms with E-state index in [0.717, 1.165) is 4.68 Å². The highest BCUT2D eigenvalue weighted by Crippen LogP contribution is 2.21. The van der Waals surface area contributed by atoms with Crippen LogP contribution in [0.25, 0.3) is 5.69 Å². The number of benzene rings is 1. The van der Waals surface area contributed by atoms with Gasteiger partial charge in [0.05, 0.1) is 18.8 Å². The van der Waals surface area contributed by atoms with Gasteiger partial charge in [-0.2, -0.15) is 9.78 Å². The van der Waals surface area contributed by atoms with Crippen LogP contribution in [0.1, 0.15) is 24.3 Å². The van der Waals surface area contributed by atoms with Crippen LogP contribution >= 0.6 is 0 Å². The maximum atomic E-state index is 14.0. The molecule has 1 aliphatic heterocycles. The molecular formula is C17H18FN3O3. The molecular weight excluding hydrogens is 313 g/mol. The van der Waals surface area contributed by atoms with Crippen molar-refractivity contribution in [3.05, 3.63) is 58.3 Å². The van der Waals surface area contributed by atoms with Crippen molar-refractivity contribution in [2.24, 2.45) is 0 Å². The highest BCUT2D eigenvalue weighted by molar-refractivity contribution is 5.92. The van der Waals surface area contributed by atoms with Crippen LogP contribution in [0.5, 0.6) is 0 Å². The summed E-state index contributed by atoms with van der Waals surface area (Å²) in [5.41, 5.74) is -0.875. The molecule has 0 unspecified atom stereocenters. The van der Waals surface area contributed by atoms with Gasteiger partial charge in [0.2, 0.25) is 0 Å². The zero-order valence-electron chi connectivity index (χ0n) is 13.5. The van der Waals surface area contributed by atoms with E-state index in [-0.39, 0.29) is 17.3 Å². The monoisotopic (exact) mass is 331 g/mol. The second kappa shape index (κ2) is 6.16. The van der Waals surface area contributed by atoms with E-state index in [1.807, 2.05) is 13.8 Å². The molecule has 3 rings (SSSR count). The molecule has 2 aromatic rings. The third-order valence-electron chi connectivity index (χ3n) is 3.99. The number of hydrogen-bond donors (Lipinski definition) is 0. The number of morpholine rings is 1. The Labute approximate surface area is 138 Å². The molecule has 1 amide bonds. The van der Waals surface area contributed by atoms with E-state index in [9.17, 15) is 14.0 Å². The summed E-state index contributed by atoms with van der Waals surface area (Å²) < 4.78 is 20.3. The van der Waals surface area contributed by atoms with Gasteiger partial charge in [-0.15, -0.1) is 0 Å². The van der Waals surface area contributed by atoms with Crippen LogP contribution in [0.4, 0.5) is 4.39 Å². The topological polar surface area (TPSA) is 64.4 Å². The first-order chi connectivity index (χ1) is 11.4. The Morgan fingerprint density at radius 1 is 1.25 bits per heavy atom. The summed E-state index contributed by atoms with van der Waals surface area (Å²) in [6.07, 6.45) is 0. The van der Waals surface area contributed by atoms with Crippen molar-refractivity contribution < 1.29 is 13.9 Å². The first kappa shape index (κ1) is 16.3. The lowest BCUT2D eigenvalue weighted by atomic mass is 10.0. The molecule has 6 nitrogen and oxygen atoms in total. The SMILES string of the molecule is CC1(C)COCCN1C(=O)c1ccc(=O)n(-c2ccccc2F)n1. The van der Waals surface area contributed by atoms with Crippen LogP contribution in [0.15, 0.2) is 41.2 Å². The van der Waals surface area contributed by atoms with Gasteiger partial charge in [0, 0.05) is 12.6 Å². The number of carbonyl (C=O) groups is 1. The van der Waals surface area contributed by atoms with Gasteiger partial charge < -0.3 is 9.64 Å². The van der Waals surface area contributed by atoms with E-state index in [4.69, 9.17) is 4.74 Å². The van der Waals surface area contributed by atoms with Gasteiger partial charge in [-0.25, -0.2) is 4.39 Å². The first-order valence-electron chi connectivity index (χ1n) is 7.65. The molecule has 1 aromatic heterocycles. The van der Waals surface area contributed by atoms with E-state index in [1.54, 1.807) is 11.0 Å². The average Bonchev–Trinajstić information content (AvgIpc) is 2.55. The number of aromatic nitrogens is 2. The Bertz CT molecular complexity index is 832. The zero-order chi connectivity index (χ0) is 17.3. The predicted octanol–water partition coefficient (Wildman–Crippen LogP) is 1.62. The number of carbonyl (C=O) groups excluding carboxylic acids is 1. The third-order valence-corrected chi connectivity index (χ3v) is 3.99. The lowest BCUT2D eigenvalue weighted by molar-refractivity contribution is -0.0374. The smallest absolute Gasteiger partial charge is 0.274 e. The molecule has 7 heteroatoms. The van der Waals surface area contributed by atoms with Crippen LogP contribution in [0, 0.1) is 5.82 Å². The first-order valence-corrected chi connectivity index (χ1v) is 7.65. The molecule has 0 atom stereocenters. The molecule has 2 heterocycles. The highest BCUT2D eigenvalue weighted by Gasteiger charge is 2.35. The van der Waals surface area contributed by atoms with Gasteiger partial charge >= 0.3 is 0 Å². The van der Waals surface area contributed by atoms with Crippen molar-refractivity contribution in [1.82, 2.24) is 14.7 Å². The van der Waals surface area contributed by atoms with Crippen molar-refractivity contribution in [3.8, 4) is 5.69 Å².